The highest BCUT2D eigenvalue weighted by Crippen LogP contribution is 2.29. The lowest BCUT2D eigenvalue weighted by Gasteiger charge is -1.95. The molecule has 0 radical (unpaired) electrons. The first-order valence-electron chi connectivity index (χ1n) is 5.09. The molecule has 0 fully saturated rings. The lowest BCUT2D eigenvalue weighted by atomic mass is 10.2. The van der Waals surface area contributed by atoms with E-state index in [-0.39, 0.29) is 6.42 Å². The van der Waals surface area contributed by atoms with Gasteiger partial charge in [0.05, 0.1) is 17.1 Å². The zero-order valence-corrected chi connectivity index (χ0v) is 9.85. The van der Waals surface area contributed by atoms with Crippen LogP contribution in [0.25, 0.3) is 10.9 Å². The summed E-state index contributed by atoms with van der Waals surface area (Å²) in [4.78, 5) is 13.5. The molecule has 0 aliphatic heterocycles. The number of aliphatic carboxylic acids is 1. The number of benzene rings is 1. The van der Waals surface area contributed by atoms with Crippen LogP contribution in [-0.4, -0.2) is 21.8 Å². The SMILES string of the molecule is NC(CC(=O)O)[P+](=O)c1c[nH]c2ccccc12. The second-order valence-corrected chi connectivity index (χ2v) is 5.51. The maximum atomic E-state index is 12.1. The standard InChI is InChI=1S/C11H11N2O3P/c12-10(5-11(14)15)17(16)9-6-13-8-4-2-1-3-7(8)9/h1-4,6,10H,5,12H2,(H-,13,14,15,16)/p+1. The van der Waals surface area contributed by atoms with E-state index >= 15 is 0 Å². The van der Waals surface area contributed by atoms with Crippen molar-refractivity contribution in [3.8, 4) is 0 Å². The average molecular weight is 251 g/mol. The molecule has 2 rings (SSSR count). The van der Waals surface area contributed by atoms with Crippen molar-refractivity contribution < 1.29 is 14.5 Å². The Morgan fingerprint density at radius 3 is 2.88 bits per heavy atom. The van der Waals surface area contributed by atoms with E-state index in [2.05, 4.69) is 4.98 Å². The molecule has 2 unspecified atom stereocenters. The van der Waals surface area contributed by atoms with Crippen molar-refractivity contribution >= 4 is 30.0 Å². The van der Waals surface area contributed by atoms with Gasteiger partial charge >= 0.3 is 13.8 Å². The number of carbonyl (C=O) groups is 1. The second-order valence-electron chi connectivity index (χ2n) is 3.71. The summed E-state index contributed by atoms with van der Waals surface area (Å²) in [6.07, 6.45) is 1.33. The Labute approximate surface area is 98.4 Å². The van der Waals surface area contributed by atoms with Crippen LogP contribution in [0.2, 0.25) is 0 Å². The molecule has 1 aromatic heterocycles. The quantitative estimate of drug-likeness (QED) is 0.715. The molecule has 4 N–H and O–H groups in total. The summed E-state index contributed by atoms with van der Waals surface area (Å²) in [6.45, 7) is 0. The van der Waals surface area contributed by atoms with Crippen LogP contribution in [-0.2, 0) is 9.36 Å². The molecule has 88 valence electrons. The fourth-order valence-corrected chi connectivity index (χ4v) is 2.98. The first kappa shape index (κ1) is 11.8. The fourth-order valence-electron chi connectivity index (χ4n) is 1.68. The molecule has 2 aromatic rings. The van der Waals surface area contributed by atoms with Crippen molar-refractivity contribution in [1.29, 1.82) is 0 Å². The monoisotopic (exact) mass is 251 g/mol. The fraction of sp³-hybridized carbons (Fsp3) is 0.182. The summed E-state index contributed by atoms with van der Waals surface area (Å²) < 4.78 is 12.1. The average Bonchev–Trinajstić information content (AvgIpc) is 2.70. The van der Waals surface area contributed by atoms with Gasteiger partial charge in [-0.05, 0) is 12.1 Å². The van der Waals surface area contributed by atoms with Crippen molar-refractivity contribution in [2.45, 2.75) is 12.2 Å². The molecular weight excluding hydrogens is 239 g/mol. The molecule has 0 aliphatic carbocycles. The minimum Gasteiger partial charge on any atom is -0.481 e. The van der Waals surface area contributed by atoms with Crippen LogP contribution in [0, 0.1) is 0 Å². The van der Waals surface area contributed by atoms with Crippen LogP contribution in [0.5, 0.6) is 0 Å². The Morgan fingerprint density at radius 2 is 2.18 bits per heavy atom. The van der Waals surface area contributed by atoms with Gasteiger partial charge in [-0.25, -0.2) is 0 Å². The highest BCUT2D eigenvalue weighted by Gasteiger charge is 2.33. The topological polar surface area (TPSA) is 96.2 Å². The van der Waals surface area contributed by atoms with Crippen LogP contribution >= 0.6 is 7.80 Å². The first-order chi connectivity index (χ1) is 8.09. The molecule has 0 spiro atoms. The zero-order valence-electron chi connectivity index (χ0n) is 8.96. The van der Waals surface area contributed by atoms with E-state index in [0.29, 0.717) is 5.30 Å². The molecule has 0 saturated heterocycles. The molecule has 2 atom stereocenters. The van der Waals surface area contributed by atoms with Gasteiger partial charge in [0.1, 0.15) is 6.42 Å². The zero-order chi connectivity index (χ0) is 12.4. The van der Waals surface area contributed by atoms with Crippen molar-refractivity contribution in [2.75, 3.05) is 0 Å². The van der Waals surface area contributed by atoms with E-state index < -0.39 is 19.6 Å². The number of fused-ring (bicyclic) bond motifs is 1. The number of nitrogens with one attached hydrogen (secondary N) is 1. The number of carboxylic acid groups (broad SMARTS) is 1. The van der Waals surface area contributed by atoms with E-state index in [0.717, 1.165) is 10.9 Å². The summed E-state index contributed by atoms with van der Waals surface area (Å²) in [7, 11) is -1.92. The molecule has 5 nitrogen and oxygen atoms in total. The largest absolute Gasteiger partial charge is 0.481 e. The number of nitrogens with two attached hydrogens (primary N) is 1. The highest BCUT2D eigenvalue weighted by molar-refractivity contribution is 7.54. The van der Waals surface area contributed by atoms with Crippen LogP contribution in [0.4, 0.5) is 0 Å². The number of aromatic nitrogens is 1. The Balaban J connectivity index is 2.33. The summed E-state index contributed by atoms with van der Waals surface area (Å²) in [6, 6.07) is 7.41. The van der Waals surface area contributed by atoms with Gasteiger partial charge in [0.15, 0.2) is 0 Å². The van der Waals surface area contributed by atoms with E-state index in [1.807, 2.05) is 24.3 Å². The summed E-state index contributed by atoms with van der Waals surface area (Å²) in [5, 5.41) is 10.0. The lowest BCUT2D eigenvalue weighted by Crippen LogP contribution is -2.22. The smallest absolute Gasteiger partial charge is 0.398 e. The Hall–Kier alpha value is -1.71. The van der Waals surface area contributed by atoms with Crippen LogP contribution < -0.4 is 11.0 Å². The molecule has 1 heterocycles. The number of para-hydroxylation sites is 1. The third-order valence-corrected chi connectivity index (χ3v) is 4.12. The summed E-state index contributed by atoms with van der Waals surface area (Å²) >= 11 is 0. The highest BCUT2D eigenvalue weighted by atomic mass is 31.1. The van der Waals surface area contributed by atoms with Gasteiger partial charge in [0.2, 0.25) is 11.1 Å². The van der Waals surface area contributed by atoms with Gasteiger partial charge in [-0.1, -0.05) is 16.7 Å². The molecular formula is C11H12N2O3P+. The molecule has 0 saturated carbocycles. The van der Waals surface area contributed by atoms with Crippen LogP contribution in [0.1, 0.15) is 6.42 Å². The Bertz CT molecular complexity index is 579. The molecule has 1 aromatic carbocycles. The summed E-state index contributed by atoms with van der Waals surface area (Å²) in [5.41, 5.74) is 6.49. The third kappa shape index (κ3) is 2.35. The van der Waals surface area contributed by atoms with Gasteiger partial charge in [-0.3, -0.25) is 10.5 Å². The van der Waals surface area contributed by atoms with Gasteiger partial charge in [0.25, 0.3) is 0 Å². The Kier molecular flexibility index (Phi) is 3.22. The van der Waals surface area contributed by atoms with Gasteiger partial charge < -0.3 is 10.1 Å². The lowest BCUT2D eigenvalue weighted by molar-refractivity contribution is -0.136. The van der Waals surface area contributed by atoms with Crippen LogP contribution in [0.3, 0.4) is 0 Å². The maximum absolute atomic E-state index is 12.1. The molecule has 0 bridgehead atoms. The number of H-pyrrole nitrogens is 1. The number of carboxylic acids is 1. The van der Waals surface area contributed by atoms with Gasteiger partial charge in [-0.2, -0.15) is 0 Å². The predicted octanol–water partition coefficient (Wildman–Crippen LogP) is 1.38. The Morgan fingerprint density at radius 1 is 1.47 bits per heavy atom. The van der Waals surface area contributed by atoms with Gasteiger partial charge in [-0.15, -0.1) is 0 Å². The minimum atomic E-state index is -1.92. The summed E-state index contributed by atoms with van der Waals surface area (Å²) in [5.74, 6) is -1.90. The number of hydrogen-bond acceptors (Lipinski definition) is 3. The minimum absolute atomic E-state index is 0.297. The number of rotatable bonds is 4. The maximum Gasteiger partial charge on any atom is 0.398 e. The number of aromatic amines is 1. The van der Waals surface area contributed by atoms with E-state index in [9.17, 15) is 9.36 Å². The van der Waals surface area contributed by atoms with Crippen molar-refractivity contribution in [3.63, 3.8) is 0 Å². The third-order valence-electron chi connectivity index (χ3n) is 2.49. The van der Waals surface area contributed by atoms with Crippen molar-refractivity contribution in [1.82, 2.24) is 4.98 Å². The molecule has 0 amide bonds. The van der Waals surface area contributed by atoms with E-state index in [4.69, 9.17) is 10.8 Å². The second kappa shape index (κ2) is 4.65. The van der Waals surface area contributed by atoms with Gasteiger partial charge in [0, 0.05) is 0 Å². The van der Waals surface area contributed by atoms with Crippen molar-refractivity contribution in [3.05, 3.63) is 30.5 Å². The number of hydrogen-bond donors (Lipinski definition) is 3. The van der Waals surface area contributed by atoms with E-state index in [1.54, 1.807) is 6.20 Å². The molecule has 0 aliphatic rings. The van der Waals surface area contributed by atoms with Crippen molar-refractivity contribution in [2.24, 2.45) is 5.73 Å². The normalized spacial score (nSPS) is 13.6. The predicted molar refractivity (Wildman–Crippen MR) is 65.8 cm³/mol. The molecule has 17 heavy (non-hydrogen) atoms. The molecule has 6 heteroatoms. The first-order valence-corrected chi connectivity index (χ1v) is 6.42. The van der Waals surface area contributed by atoms with E-state index in [1.165, 1.54) is 0 Å². The van der Waals surface area contributed by atoms with Crippen LogP contribution in [0.15, 0.2) is 30.5 Å².